The van der Waals surface area contributed by atoms with Gasteiger partial charge in [-0.3, -0.25) is 4.79 Å². The van der Waals surface area contributed by atoms with E-state index in [2.05, 4.69) is 34.3 Å². The van der Waals surface area contributed by atoms with E-state index < -0.39 is 12.1 Å². The highest BCUT2D eigenvalue weighted by Gasteiger charge is 2.27. The van der Waals surface area contributed by atoms with Gasteiger partial charge in [0.1, 0.15) is 0 Å². The van der Waals surface area contributed by atoms with E-state index in [4.69, 9.17) is 4.74 Å². The molecule has 1 aromatic carbocycles. The van der Waals surface area contributed by atoms with Gasteiger partial charge in [-0.25, -0.2) is 14.5 Å². The predicted octanol–water partition coefficient (Wildman–Crippen LogP) is 3.76. The van der Waals surface area contributed by atoms with E-state index in [1.807, 2.05) is 13.8 Å². The molecule has 1 aliphatic rings. The minimum absolute atomic E-state index is 0.0108. The number of nitrogens with zero attached hydrogens (tertiary/aromatic N) is 3. The van der Waals surface area contributed by atoms with Gasteiger partial charge in [0, 0.05) is 12.1 Å². The summed E-state index contributed by atoms with van der Waals surface area (Å²) < 4.78 is 7.33. The van der Waals surface area contributed by atoms with Gasteiger partial charge in [0.25, 0.3) is 0 Å². The molecule has 0 aliphatic heterocycles. The lowest BCUT2D eigenvalue weighted by Crippen LogP contribution is -2.30. The topological polar surface area (TPSA) is 74.1 Å². The fourth-order valence-electron chi connectivity index (χ4n) is 3.59. The molecule has 144 valence electrons. The standard InChI is InChI=1S/C22H23N3O3/c1-14-7-9-16(10-8-14)13-25-21-18(12-23-25)17(11-15(2)24-21)22(27)28-20-6-4-3-5-19(20)26/h7-12,20H,3-6,13H2,1-2H3. The number of pyridine rings is 1. The normalized spacial score (nSPS) is 17.1. The Bertz CT molecular complexity index is 1040. The zero-order chi connectivity index (χ0) is 19.7. The fourth-order valence-corrected chi connectivity index (χ4v) is 3.59. The third kappa shape index (κ3) is 3.67. The van der Waals surface area contributed by atoms with Crippen LogP contribution in [0.15, 0.2) is 36.5 Å². The van der Waals surface area contributed by atoms with Gasteiger partial charge in [-0.15, -0.1) is 0 Å². The zero-order valence-electron chi connectivity index (χ0n) is 16.1. The van der Waals surface area contributed by atoms with Crippen molar-refractivity contribution in [3.63, 3.8) is 0 Å². The lowest BCUT2D eigenvalue weighted by molar-refractivity contribution is -0.129. The molecule has 6 heteroatoms. The molecule has 6 nitrogen and oxygen atoms in total. The Morgan fingerprint density at radius 2 is 2.00 bits per heavy atom. The number of hydrogen-bond donors (Lipinski definition) is 0. The maximum atomic E-state index is 12.8. The number of fused-ring (bicyclic) bond motifs is 1. The number of aromatic nitrogens is 3. The summed E-state index contributed by atoms with van der Waals surface area (Å²) in [4.78, 5) is 29.4. The third-order valence-electron chi connectivity index (χ3n) is 5.16. The van der Waals surface area contributed by atoms with Gasteiger partial charge in [0.2, 0.25) is 0 Å². The lowest BCUT2D eigenvalue weighted by atomic mass is 9.96. The van der Waals surface area contributed by atoms with Crippen LogP contribution in [0.5, 0.6) is 0 Å². The largest absolute Gasteiger partial charge is 0.451 e. The second-order valence-electron chi connectivity index (χ2n) is 7.44. The van der Waals surface area contributed by atoms with Gasteiger partial charge >= 0.3 is 5.97 Å². The molecule has 4 rings (SSSR count). The first-order valence-electron chi connectivity index (χ1n) is 9.63. The van der Waals surface area contributed by atoms with E-state index in [0.29, 0.717) is 41.7 Å². The van der Waals surface area contributed by atoms with E-state index in [9.17, 15) is 9.59 Å². The highest BCUT2D eigenvalue weighted by Crippen LogP contribution is 2.23. The Labute approximate surface area is 163 Å². The first kappa shape index (κ1) is 18.3. The van der Waals surface area contributed by atoms with E-state index in [1.165, 1.54) is 5.56 Å². The summed E-state index contributed by atoms with van der Waals surface area (Å²) >= 11 is 0. The van der Waals surface area contributed by atoms with Crippen LogP contribution in [0.4, 0.5) is 0 Å². The van der Waals surface area contributed by atoms with Crippen molar-refractivity contribution in [2.24, 2.45) is 0 Å². The Morgan fingerprint density at radius 3 is 2.75 bits per heavy atom. The predicted molar refractivity (Wildman–Crippen MR) is 105 cm³/mol. The Kier molecular flexibility index (Phi) is 4.94. The minimum atomic E-state index is -0.632. The molecule has 2 heterocycles. The average Bonchev–Trinajstić information content (AvgIpc) is 3.07. The number of benzene rings is 1. The second-order valence-corrected chi connectivity index (χ2v) is 7.44. The zero-order valence-corrected chi connectivity index (χ0v) is 16.1. The maximum absolute atomic E-state index is 12.8. The summed E-state index contributed by atoms with van der Waals surface area (Å²) in [6.07, 6.45) is 3.88. The molecule has 28 heavy (non-hydrogen) atoms. The molecule has 1 fully saturated rings. The number of ether oxygens (including phenoxy) is 1. The number of ketones is 1. The van der Waals surface area contributed by atoms with Crippen molar-refractivity contribution in [3.05, 3.63) is 58.9 Å². The monoisotopic (exact) mass is 377 g/mol. The molecule has 2 aromatic heterocycles. The van der Waals surface area contributed by atoms with Gasteiger partial charge < -0.3 is 4.74 Å². The van der Waals surface area contributed by atoms with Crippen LogP contribution in [0.25, 0.3) is 11.0 Å². The maximum Gasteiger partial charge on any atom is 0.339 e. The number of aryl methyl sites for hydroxylation is 2. The molecule has 1 aliphatic carbocycles. The fraction of sp³-hybridized carbons (Fsp3) is 0.364. The quantitative estimate of drug-likeness (QED) is 0.647. The van der Waals surface area contributed by atoms with Crippen LogP contribution < -0.4 is 0 Å². The van der Waals surface area contributed by atoms with Crippen LogP contribution in [0.1, 0.15) is 52.9 Å². The van der Waals surface area contributed by atoms with Gasteiger partial charge in [-0.2, -0.15) is 5.10 Å². The second kappa shape index (κ2) is 7.54. The molecule has 1 saturated carbocycles. The number of hydrogen-bond acceptors (Lipinski definition) is 5. The van der Waals surface area contributed by atoms with Crippen molar-refractivity contribution in [2.45, 2.75) is 52.2 Å². The number of rotatable bonds is 4. The third-order valence-corrected chi connectivity index (χ3v) is 5.16. The number of esters is 1. The summed E-state index contributed by atoms with van der Waals surface area (Å²) in [5.74, 6) is -0.470. The first-order valence-corrected chi connectivity index (χ1v) is 9.63. The summed E-state index contributed by atoms with van der Waals surface area (Å²) in [6.45, 7) is 4.45. The molecule has 0 bridgehead atoms. The van der Waals surface area contributed by atoms with Crippen molar-refractivity contribution in [1.29, 1.82) is 0 Å². The highest BCUT2D eigenvalue weighted by molar-refractivity contribution is 6.03. The SMILES string of the molecule is Cc1ccc(Cn2ncc3c(C(=O)OC4CCCCC4=O)cc(C)nc32)cc1. The summed E-state index contributed by atoms with van der Waals surface area (Å²) in [5, 5.41) is 5.08. The van der Waals surface area contributed by atoms with E-state index >= 15 is 0 Å². The number of carbonyl (C=O) groups is 2. The smallest absolute Gasteiger partial charge is 0.339 e. The molecule has 1 atom stereocenters. The molecule has 0 saturated heterocycles. The van der Waals surface area contributed by atoms with Gasteiger partial charge in [-0.05, 0) is 44.7 Å². The van der Waals surface area contributed by atoms with Crippen molar-refractivity contribution in [1.82, 2.24) is 14.8 Å². The Hall–Kier alpha value is -3.02. The molecule has 0 radical (unpaired) electrons. The first-order chi connectivity index (χ1) is 13.5. The van der Waals surface area contributed by atoms with Crippen molar-refractivity contribution in [3.8, 4) is 0 Å². The lowest BCUT2D eigenvalue weighted by Gasteiger charge is -2.20. The van der Waals surface area contributed by atoms with Crippen LogP contribution in [0, 0.1) is 13.8 Å². The minimum Gasteiger partial charge on any atom is -0.451 e. The molecule has 0 spiro atoms. The molecular formula is C22H23N3O3. The Morgan fingerprint density at radius 1 is 1.21 bits per heavy atom. The number of carbonyl (C=O) groups excluding carboxylic acids is 2. The van der Waals surface area contributed by atoms with Gasteiger partial charge in [0.05, 0.1) is 23.7 Å². The molecule has 1 unspecified atom stereocenters. The van der Waals surface area contributed by atoms with Crippen molar-refractivity contribution < 1.29 is 14.3 Å². The van der Waals surface area contributed by atoms with Crippen LogP contribution in [-0.4, -0.2) is 32.6 Å². The summed E-state index contributed by atoms with van der Waals surface area (Å²) in [7, 11) is 0. The van der Waals surface area contributed by atoms with Crippen LogP contribution in [0.2, 0.25) is 0 Å². The Balaban J connectivity index is 1.64. The molecule has 3 aromatic rings. The number of Topliss-reactive ketones (excluding diaryl/α,β-unsaturated/α-hetero) is 1. The van der Waals surface area contributed by atoms with Crippen LogP contribution in [-0.2, 0) is 16.1 Å². The van der Waals surface area contributed by atoms with E-state index in [0.717, 1.165) is 18.4 Å². The van der Waals surface area contributed by atoms with Gasteiger partial charge in [0.15, 0.2) is 17.5 Å². The van der Waals surface area contributed by atoms with Crippen molar-refractivity contribution in [2.75, 3.05) is 0 Å². The summed E-state index contributed by atoms with van der Waals surface area (Å²) in [5.41, 5.74) is 4.07. The summed E-state index contributed by atoms with van der Waals surface area (Å²) in [6, 6.07) is 9.94. The molecular weight excluding hydrogens is 354 g/mol. The van der Waals surface area contributed by atoms with Crippen molar-refractivity contribution >= 4 is 22.8 Å². The van der Waals surface area contributed by atoms with Gasteiger partial charge in [-0.1, -0.05) is 29.8 Å². The average molecular weight is 377 g/mol. The van der Waals surface area contributed by atoms with Crippen LogP contribution in [0.3, 0.4) is 0 Å². The van der Waals surface area contributed by atoms with E-state index in [-0.39, 0.29) is 5.78 Å². The molecule has 0 amide bonds. The highest BCUT2D eigenvalue weighted by atomic mass is 16.5. The van der Waals surface area contributed by atoms with Crippen LogP contribution >= 0.6 is 0 Å². The van der Waals surface area contributed by atoms with E-state index in [1.54, 1.807) is 16.9 Å². The molecule has 0 N–H and O–H groups in total.